The predicted molar refractivity (Wildman–Crippen MR) is 94.6 cm³/mol. The number of benzene rings is 2. The summed E-state index contributed by atoms with van der Waals surface area (Å²) in [4.78, 5) is 11.8. The van der Waals surface area contributed by atoms with Crippen molar-refractivity contribution in [2.24, 2.45) is 0 Å². The first kappa shape index (κ1) is 17.2. The first-order valence-electron chi connectivity index (χ1n) is 7.47. The van der Waals surface area contributed by atoms with E-state index >= 15 is 0 Å². The molecular formula is C18H21ClN2O2. The third-order valence-electron chi connectivity index (χ3n) is 3.34. The van der Waals surface area contributed by atoms with Gasteiger partial charge in [-0.2, -0.15) is 0 Å². The van der Waals surface area contributed by atoms with Gasteiger partial charge in [0, 0.05) is 10.7 Å². The highest BCUT2D eigenvalue weighted by atomic mass is 35.5. The van der Waals surface area contributed by atoms with Crippen molar-refractivity contribution in [3.05, 3.63) is 58.1 Å². The van der Waals surface area contributed by atoms with Crippen LogP contribution in [0.25, 0.3) is 0 Å². The molecule has 0 aliphatic heterocycles. The van der Waals surface area contributed by atoms with Gasteiger partial charge in [0.25, 0.3) is 0 Å². The summed E-state index contributed by atoms with van der Waals surface area (Å²) < 4.78 is 5.78. The number of hydrogen-bond donors (Lipinski definition) is 2. The zero-order chi connectivity index (χ0) is 16.8. The number of hydrogen-bond acceptors (Lipinski definition) is 2. The van der Waals surface area contributed by atoms with Crippen LogP contribution in [0.4, 0.5) is 10.5 Å². The van der Waals surface area contributed by atoms with E-state index in [9.17, 15) is 4.79 Å². The molecule has 23 heavy (non-hydrogen) atoms. The first-order valence-corrected chi connectivity index (χ1v) is 7.84. The molecule has 0 spiro atoms. The molecule has 0 fully saturated rings. The lowest BCUT2D eigenvalue weighted by Crippen LogP contribution is -2.32. The molecule has 2 amide bonds. The summed E-state index contributed by atoms with van der Waals surface area (Å²) in [6.45, 7) is 6.95. The summed E-state index contributed by atoms with van der Waals surface area (Å²) >= 11 is 5.80. The number of carbonyl (C=O) groups excluding carboxylic acids is 1. The Kier molecular flexibility index (Phi) is 5.88. The van der Waals surface area contributed by atoms with E-state index in [0.29, 0.717) is 23.9 Å². The second-order valence-electron chi connectivity index (χ2n) is 5.46. The standard InChI is InChI=1S/C18H21ClN2O2/c1-12-10-13(2)17(14(3)11-12)23-9-8-20-18(22)21-16-6-4-15(19)5-7-16/h4-7,10-11H,8-9H2,1-3H3,(H2,20,21,22). The summed E-state index contributed by atoms with van der Waals surface area (Å²) in [5.74, 6) is 0.885. The molecule has 0 aliphatic rings. The molecule has 2 N–H and O–H groups in total. The van der Waals surface area contributed by atoms with E-state index in [1.54, 1.807) is 24.3 Å². The summed E-state index contributed by atoms with van der Waals surface area (Å²) in [7, 11) is 0. The molecule has 122 valence electrons. The molecule has 0 bridgehead atoms. The predicted octanol–water partition coefficient (Wildman–Crippen LogP) is 4.47. The Morgan fingerprint density at radius 2 is 1.70 bits per heavy atom. The molecule has 0 radical (unpaired) electrons. The minimum Gasteiger partial charge on any atom is -0.491 e. The van der Waals surface area contributed by atoms with Gasteiger partial charge in [-0.3, -0.25) is 0 Å². The Bertz CT molecular complexity index is 661. The van der Waals surface area contributed by atoms with Crippen molar-refractivity contribution in [1.82, 2.24) is 5.32 Å². The van der Waals surface area contributed by atoms with Crippen molar-refractivity contribution < 1.29 is 9.53 Å². The van der Waals surface area contributed by atoms with Crippen LogP contribution < -0.4 is 15.4 Å². The maximum absolute atomic E-state index is 11.8. The molecule has 0 unspecified atom stereocenters. The van der Waals surface area contributed by atoms with Gasteiger partial charge in [-0.15, -0.1) is 0 Å². The third-order valence-corrected chi connectivity index (χ3v) is 3.59. The molecule has 2 aromatic rings. The normalized spacial score (nSPS) is 10.3. The van der Waals surface area contributed by atoms with E-state index in [1.165, 1.54) is 5.56 Å². The summed E-state index contributed by atoms with van der Waals surface area (Å²) in [5.41, 5.74) is 4.12. The van der Waals surface area contributed by atoms with Crippen LogP contribution in [0.2, 0.25) is 5.02 Å². The van der Waals surface area contributed by atoms with Crippen molar-refractivity contribution in [2.75, 3.05) is 18.5 Å². The molecule has 0 heterocycles. The number of urea groups is 1. The van der Waals surface area contributed by atoms with Gasteiger partial charge >= 0.3 is 6.03 Å². The maximum atomic E-state index is 11.8. The van der Waals surface area contributed by atoms with Gasteiger partial charge in [-0.05, 0) is 56.2 Å². The van der Waals surface area contributed by atoms with Crippen LogP contribution in [0.15, 0.2) is 36.4 Å². The molecule has 0 aromatic heterocycles. The van der Waals surface area contributed by atoms with Crippen molar-refractivity contribution in [3.8, 4) is 5.75 Å². The fourth-order valence-corrected chi connectivity index (χ4v) is 2.55. The van der Waals surface area contributed by atoms with Crippen molar-refractivity contribution in [2.45, 2.75) is 20.8 Å². The SMILES string of the molecule is Cc1cc(C)c(OCCNC(=O)Nc2ccc(Cl)cc2)c(C)c1. The van der Waals surface area contributed by atoms with E-state index in [0.717, 1.165) is 16.9 Å². The van der Waals surface area contributed by atoms with Crippen molar-refractivity contribution >= 4 is 23.3 Å². The van der Waals surface area contributed by atoms with Crippen LogP contribution in [-0.2, 0) is 0 Å². The molecular weight excluding hydrogens is 312 g/mol. The molecule has 2 rings (SSSR count). The summed E-state index contributed by atoms with van der Waals surface area (Å²) in [6.07, 6.45) is 0. The lowest BCUT2D eigenvalue weighted by atomic mass is 10.1. The Morgan fingerprint density at radius 3 is 2.30 bits per heavy atom. The molecule has 0 aliphatic carbocycles. The molecule has 0 saturated carbocycles. The van der Waals surface area contributed by atoms with E-state index in [4.69, 9.17) is 16.3 Å². The van der Waals surface area contributed by atoms with Gasteiger partial charge in [0.05, 0.1) is 6.54 Å². The number of aryl methyl sites for hydroxylation is 3. The smallest absolute Gasteiger partial charge is 0.319 e. The van der Waals surface area contributed by atoms with E-state index in [1.807, 2.05) is 13.8 Å². The highest BCUT2D eigenvalue weighted by Gasteiger charge is 2.06. The second kappa shape index (κ2) is 7.88. The van der Waals surface area contributed by atoms with E-state index < -0.39 is 0 Å². The lowest BCUT2D eigenvalue weighted by molar-refractivity contribution is 0.247. The monoisotopic (exact) mass is 332 g/mol. The number of ether oxygens (including phenoxy) is 1. The largest absolute Gasteiger partial charge is 0.491 e. The van der Waals surface area contributed by atoms with Crippen molar-refractivity contribution in [3.63, 3.8) is 0 Å². The average molecular weight is 333 g/mol. The quantitative estimate of drug-likeness (QED) is 0.794. The lowest BCUT2D eigenvalue weighted by Gasteiger charge is -2.13. The number of carbonyl (C=O) groups is 1. The fraction of sp³-hybridized carbons (Fsp3) is 0.278. The second-order valence-corrected chi connectivity index (χ2v) is 5.90. The van der Waals surface area contributed by atoms with Crippen LogP contribution in [0, 0.1) is 20.8 Å². The zero-order valence-corrected chi connectivity index (χ0v) is 14.3. The number of rotatable bonds is 5. The summed E-state index contributed by atoms with van der Waals surface area (Å²) in [5, 5.41) is 6.12. The maximum Gasteiger partial charge on any atom is 0.319 e. The fourth-order valence-electron chi connectivity index (χ4n) is 2.42. The van der Waals surface area contributed by atoms with Crippen LogP contribution in [0.5, 0.6) is 5.75 Å². The van der Waals surface area contributed by atoms with Crippen LogP contribution in [0.3, 0.4) is 0 Å². The Hall–Kier alpha value is -2.20. The highest BCUT2D eigenvalue weighted by Crippen LogP contribution is 2.24. The number of amides is 2. The Labute approximate surface area is 141 Å². The Morgan fingerprint density at radius 1 is 1.09 bits per heavy atom. The van der Waals surface area contributed by atoms with Gasteiger partial charge in [0.15, 0.2) is 0 Å². The number of halogens is 1. The Balaban J connectivity index is 1.77. The number of nitrogens with one attached hydrogen (secondary N) is 2. The molecule has 5 heteroatoms. The van der Waals surface area contributed by atoms with Crippen LogP contribution in [-0.4, -0.2) is 19.2 Å². The first-order chi connectivity index (χ1) is 11.0. The van der Waals surface area contributed by atoms with Crippen LogP contribution >= 0.6 is 11.6 Å². The topological polar surface area (TPSA) is 50.4 Å². The molecule has 4 nitrogen and oxygen atoms in total. The summed E-state index contributed by atoms with van der Waals surface area (Å²) in [6, 6.07) is 10.8. The van der Waals surface area contributed by atoms with E-state index in [2.05, 4.69) is 29.7 Å². The molecule has 2 aromatic carbocycles. The minimum absolute atomic E-state index is 0.270. The average Bonchev–Trinajstić information content (AvgIpc) is 2.48. The zero-order valence-electron chi connectivity index (χ0n) is 13.6. The van der Waals surface area contributed by atoms with Gasteiger partial charge in [0.1, 0.15) is 12.4 Å². The van der Waals surface area contributed by atoms with Gasteiger partial charge in [-0.1, -0.05) is 29.3 Å². The van der Waals surface area contributed by atoms with Gasteiger partial charge < -0.3 is 15.4 Å². The van der Waals surface area contributed by atoms with Crippen molar-refractivity contribution in [1.29, 1.82) is 0 Å². The van der Waals surface area contributed by atoms with E-state index in [-0.39, 0.29) is 6.03 Å². The number of anilines is 1. The minimum atomic E-state index is -0.270. The highest BCUT2D eigenvalue weighted by molar-refractivity contribution is 6.30. The molecule has 0 atom stereocenters. The van der Waals surface area contributed by atoms with Gasteiger partial charge in [-0.25, -0.2) is 4.79 Å². The van der Waals surface area contributed by atoms with Gasteiger partial charge in [0.2, 0.25) is 0 Å². The third kappa shape index (κ3) is 5.18. The van der Waals surface area contributed by atoms with Crippen LogP contribution in [0.1, 0.15) is 16.7 Å². The molecule has 0 saturated heterocycles.